The Kier molecular flexibility index (Phi) is 6.32. The van der Waals surface area contributed by atoms with Crippen LogP contribution in [-0.2, 0) is 20.8 Å². The Morgan fingerprint density at radius 1 is 1.33 bits per heavy atom. The predicted molar refractivity (Wildman–Crippen MR) is 125 cm³/mol. The number of carbonyl (C=O) groups is 3. The van der Waals surface area contributed by atoms with Crippen LogP contribution in [0.3, 0.4) is 0 Å². The van der Waals surface area contributed by atoms with Crippen LogP contribution in [0.15, 0.2) is 34.9 Å². The van der Waals surface area contributed by atoms with Gasteiger partial charge in [-0.3, -0.25) is 14.5 Å². The quantitative estimate of drug-likeness (QED) is 0.423. The van der Waals surface area contributed by atoms with Gasteiger partial charge in [-0.15, -0.1) is 11.8 Å². The maximum Gasteiger partial charge on any atom is 0.353 e. The summed E-state index contributed by atoms with van der Waals surface area (Å²) in [5, 5.41) is 23.8. The highest BCUT2D eigenvalue weighted by molar-refractivity contribution is 8.03. The molecule has 6 atom stereocenters. The second-order valence-corrected chi connectivity index (χ2v) is 10.9. The van der Waals surface area contributed by atoms with Crippen LogP contribution < -0.4 is 11.1 Å². The van der Waals surface area contributed by atoms with Crippen molar-refractivity contribution in [1.82, 2.24) is 10.2 Å². The van der Waals surface area contributed by atoms with Crippen LogP contribution in [0.25, 0.3) is 0 Å². The lowest BCUT2D eigenvalue weighted by Gasteiger charge is -2.54. The molecule has 3 aliphatic heterocycles. The minimum atomic E-state index is -1.10. The number of thioether (sulfide) groups is 1. The van der Waals surface area contributed by atoms with E-state index in [0.717, 1.165) is 29.0 Å². The molecule has 3 aliphatic rings. The summed E-state index contributed by atoms with van der Waals surface area (Å²) < 4.78 is 0. The van der Waals surface area contributed by atoms with Crippen molar-refractivity contribution in [2.24, 2.45) is 17.1 Å². The largest absolute Gasteiger partial charge is 0.477 e. The van der Waals surface area contributed by atoms with Gasteiger partial charge in [-0.05, 0) is 37.8 Å². The normalized spacial score (nSPS) is 32.0. The highest BCUT2D eigenvalue weighted by atomic mass is 32.2. The SMILES string of the molecule is C[C@H]1C(S[C@@H]2CN[C@@H](c3ccc(CCC(N)=O)cc3)C2)=C(C(=O)O)N2C(=O)[C@](C)([C@@H](C)O)[C@@H]12. The van der Waals surface area contributed by atoms with Crippen LogP contribution in [0.4, 0.5) is 0 Å². The summed E-state index contributed by atoms with van der Waals surface area (Å²) in [4.78, 5) is 38.0. The Balaban J connectivity index is 1.46. The van der Waals surface area contributed by atoms with E-state index in [9.17, 15) is 24.6 Å². The molecule has 1 aromatic carbocycles. The van der Waals surface area contributed by atoms with E-state index in [1.54, 1.807) is 25.6 Å². The molecule has 2 fully saturated rings. The summed E-state index contributed by atoms with van der Waals surface area (Å²) >= 11 is 1.54. The zero-order chi connectivity index (χ0) is 24.1. The molecule has 3 heterocycles. The Bertz CT molecular complexity index is 1010. The number of fused-ring (bicyclic) bond motifs is 1. The maximum atomic E-state index is 12.8. The molecule has 0 saturated carbocycles. The summed E-state index contributed by atoms with van der Waals surface area (Å²) in [7, 11) is 0. The lowest BCUT2D eigenvalue weighted by molar-refractivity contribution is -0.181. The van der Waals surface area contributed by atoms with Gasteiger partial charge in [-0.25, -0.2) is 4.79 Å². The summed E-state index contributed by atoms with van der Waals surface area (Å²) in [6, 6.07) is 7.95. The van der Waals surface area contributed by atoms with Crippen LogP contribution in [0.2, 0.25) is 0 Å². The van der Waals surface area contributed by atoms with Crippen molar-refractivity contribution in [3.8, 4) is 0 Å². The number of nitrogens with one attached hydrogen (secondary N) is 1. The molecule has 4 rings (SSSR count). The van der Waals surface area contributed by atoms with Gasteiger partial charge in [-0.2, -0.15) is 0 Å². The summed E-state index contributed by atoms with van der Waals surface area (Å²) in [5.41, 5.74) is 6.54. The van der Waals surface area contributed by atoms with Crippen molar-refractivity contribution in [3.05, 3.63) is 46.0 Å². The van der Waals surface area contributed by atoms with Crippen LogP contribution in [0.5, 0.6) is 0 Å². The molecule has 0 unspecified atom stereocenters. The number of hydrogen-bond acceptors (Lipinski definition) is 6. The van der Waals surface area contributed by atoms with Crippen LogP contribution in [0, 0.1) is 11.3 Å². The van der Waals surface area contributed by atoms with Crippen molar-refractivity contribution in [3.63, 3.8) is 0 Å². The molecule has 2 amide bonds. The number of aryl methyl sites for hydroxylation is 1. The smallest absolute Gasteiger partial charge is 0.353 e. The van der Waals surface area contributed by atoms with Crippen molar-refractivity contribution >= 4 is 29.5 Å². The topological polar surface area (TPSA) is 133 Å². The van der Waals surface area contributed by atoms with Crippen LogP contribution >= 0.6 is 11.8 Å². The van der Waals surface area contributed by atoms with Gasteiger partial charge in [0.05, 0.1) is 17.6 Å². The van der Waals surface area contributed by atoms with Gasteiger partial charge in [0, 0.05) is 35.1 Å². The highest BCUT2D eigenvalue weighted by Gasteiger charge is 2.67. The zero-order valence-electron chi connectivity index (χ0n) is 19.1. The van der Waals surface area contributed by atoms with Gasteiger partial charge in [0.1, 0.15) is 5.70 Å². The molecular formula is C24H31N3O5S. The van der Waals surface area contributed by atoms with Gasteiger partial charge in [0.25, 0.3) is 0 Å². The first-order valence-electron chi connectivity index (χ1n) is 11.3. The van der Waals surface area contributed by atoms with Gasteiger partial charge in [0.2, 0.25) is 11.8 Å². The fraction of sp³-hybridized carbons (Fsp3) is 0.542. The molecule has 0 radical (unpaired) electrons. The monoisotopic (exact) mass is 473 g/mol. The lowest BCUT2D eigenvalue weighted by Crippen LogP contribution is -2.70. The number of aliphatic hydroxyl groups is 1. The number of benzene rings is 1. The number of aliphatic hydroxyl groups excluding tert-OH is 1. The molecule has 8 nitrogen and oxygen atoms in total. The van der Waals surface area contributed by atoms with E-state index < -0.39 is 17.5 Å². The number of carboxylic acid groups (broad SMARTS) is 1. The Labute approximate surface area is 197 Å². The number of amides is 2. The third kappa shape index (κ3) is 3.96. The number of primary amides is 1. The van der Waals surface area contributed by atoms with Gasteiger partial charge < -0.3 is 21.3 Å². The van der Waals surface area contributed by atoms with Crippen molar-refractivity contribution < 1.29 is 24.6 Å². The molecule has 0 bridgehead atoms. The van der Waals surface area contributed by atoms with Crippen molar-refractivity contribution in [2.45, 2.75) is 63.5 Å². The predicted octanol–water partition coefficient (Wildman–Crippen LogP) is 1.78. The number of rotatable bonds is 8. The van der Waals surface area contributed by atoms with Crippen LogP contribution in [0.1, 0.15) is 50.8 Å². The third-order valence-corrected chi connectivity index (χ3v) is 8.94. The van der Waals surface area contributed by atoms with Crippen molar-refractivity contribution in [1.29, 1.82) is 0 Å². The number of hydrogen-bond donors (Lipinski definition) is 4. The molecule has 5 N–H and O–H groups in total. The van der Waals surface area contributed by atoms with Gasteiger partial charge in [-0.1, -0.05) is 31.2 Å². The lowest BCUT2D eigenvalue weighted by atomic mass is 9.66. The van der Waals surface area contributed by atoms with E-state index in [1.807, 2.05) is 19.1 Å². The van der Waals surface area contributed by atoms with E-state index in [2.05, 4.69) is 17.4 Å². The molecule has 0 aromatic heterocycles. The Morgan fingerprint density at radius 3 is 2.58 bits per heavy atom. The Hall–Kier alpha value is -2.36. The van der Waals surface area contributed by atoms with Gasteiger partial charge >= 0.3 is 5.97 Å². The molecule has 178 valence electrons. The Morgan fingerprint density at radius 2 is 2.00 bits per heavy atom. The molecule has 0 spiro atoms. The standard InChI is InChI=1S/C24H31N3O5S/c1-12-20(19(22(30)31)27-21(12)24(3,13(2)28)23(27)32)33-16-10-17(26-11-16)15-7-4-14(5-8-15)6-9-18(25)29/h4-5,7-8,12-13,16-17,21,26,28H,6,9-11H2,1-3H3,(H2,25,29)(H,30,31)/t12-,13+,16-,17+,21+,24+/m0/s1. The van der Waals surface area contributed by atoms with E-state index in [1.165, 1.54) is 4.90 Å². The summed E-state index contributed by atoms with van der Waals surface area (Å²) in [6.45, 7) is 6.00. The zero-order valence-corrected chi connectivity index (χ0v) is 19.9. The first-order chi connectivity index (χ1) is 15.6. The summed E-state index contributed by atoms with van der Waals surface area (Å²) in [5.74, 6) is -1.88. The molecule has 1 aromatic rings. The fourth-order valence-corrected chi connectivity index (χ4v) is 6.85. The molecule has 2 saturated heterocycles. The first-order valence-corrected chi connectivity index (χ1v) is 12.2. The van der Waals surface area contributed by atoms with Gasteiger partial charge in [0.15, 0.2) is 0 Å². The number of carbonyl (C=O) groups excluding carboxylic acids is 2. The number of nitrogens with two attached hydrogens (primary N) is 1. The number of β-lactam (4-membered cyclic amide) rings is 1. The van der Waals surface area contributed by atoms with E-state index in [0.29, 0.717) is 12.8 Å². The average molecular weight is 474 g/mol. The van der Waals surface area contributed by atoms with Crippen molar-refractivity contribution in [2.75, 3.05) is 6.54 Å². The third-order valence-electron chi connectivity index (χ3n) is 7.43. The highest BCUT2D eigenvalue weighted by Crippen LogP contribution is 2.57. The van der Waals surface area contributed by atoms with E-state index in [4.69, 9.17) is 5.73 Å². The number of aliphatic carboxylic acids is 1. The number of nitrogens with zero attached hydrogens (tertiary/aromatic N) is 1. The number of carboxylic acids is 1. The second-order valence-electron chi connectivity index (χ2n) is 9.53. The van der Waals surface area contributed by atoms with Crippen LogP contribution in [-0.4, -0.2) is 56.8 Å². The maximum absolute atomic E-state index is 12.8. The molecule has 0 aliphatic carbocycles. The second kappa shape index (κ2) is 8.77. The molecule has 9 heteroatoms. The molecule has 33 heavy (non-hydrogen) atoms. The van der Waals surface area contributed by atoms with E-state index in [-0.39, 0.29) is 40.8 Å². The minimum Gasteiger partial charge on any atom is -0.477 e. The average Bonchev–Trinajstić information content (AvgIpc) is 3.34. The fourth-order valence-electron chi connectivity index (χ4n) is 5.38. The van der Waals surface area contributed by atoms with E-state index >= 15 is 0 Å². The minimum absolute atomic E-state index is 0.0721. The summed E-state index contributed by atoms with van der Waals surface area (Å²) in [6.07, 6.45) is 0.934. The first kappa shape index (κ1) is 23.8. The molecular weight excluding hydrogens is 442 g/mol.